The zero-order valence-electron chi connectivity index (χ0n) is 15.2. The minimum Gasteiger partial charge on any atom is -0.481 e. The highest BCUT2D eigenvalue weighted by molar-refractivity contribution is 7.89. The molecule has 0 aliphatic carbocycles. The minimum atomic E-state index is -5.08. The van der Waals surface area contributed by atoms with Crippen molar-refractivity contribution < 1.29 is 41.4 Å². The molecule has 1 heterocycles. The van der Waals surface area contributed by atoms with E-state index >= 15 is 0 Å². The molecule has 0 saturated carbocycles. The predicted octanol–water partition coefficient (Wildman–Crippen LogP) is 1.47. The molecule has 0 saturated heterocycles. The summed E-state index contributed by atoms with van der Waals surface area (Å²) in [4.78, 5) is 23.3. The van der Waals surface area contributed by atoms with Crippen LogP contribution in [0.25, 0.3) is 10.8 Å². The van der Waals surface area contributed by atoms with Crippen molar-refractivity contribution in [3.8, 4) is 0 Å². The van der Waals surface area contributed by atoms with Gasteiger partial charge in [-0.05, 0) is 12.1 Å². The average molecular weight is 486 g/mol. The third-order valence-electron chi connectivity index (χ3n) is 3.32. The summed E-state index contributed by atoms with van der Waals surface area (Å²) in [5.74, 6) is -4.26. The molecule has 31 heavy (non-hydrogen) atoms. The van der Waals surface area contributed by atoms with E-state index in [9.17, 15) is 26.4 Å². The molecule has 11 nitrogen and oxygen atoms in total. The highest BCUT2D eigenvalue weighted by Gasteiger charge is 2.38. The Hall–Kier alpha value is -3.17. The molecule has 2 rings (SSSR count). The molecular formula is C15H15ClF3N5O6S. The van der Waals surface area contributed by atoms with Crippen LogP contribution in [-0.2, 0) is 19.6 Å². The number of carboxylic acid groups (broad SMARTS) is 2. The lowest BCUT2D eigenvalue weighted by atomic mass is 10.1. The van der Waals surface area contributed by atoms with E-state index in [1.165, 1.54) is 30.6 Å². The van der Waals surface area contributed by atoms with E-state index in [0.717, 1.165) is 4.42 Å². The van der Waals surface area contributed by atoms with Crippen molar-refractivity contribution in [2.24, 2.45) is 5.73 Å². The molecule has 16 heteroatoms. The predicted molar refractivity (Wildman–Crippen MR) is 103 cm³/mol. The first kappa shape index (κ1) is 25.9. The fourth-order valence-electron chi connectivity index (χ4n) is 1.97. The summed E-state index contributed by atoms with van der Waals surface area (Å²) in [5.41, 5.74) is 5.67. The minimum absolute atomic E-state index is 0.0386. The van der Waals surface area contributed by atoms with Crippen LogP contribution < -0.4 is 14.9 Å². The second-order valence-corrected chi connectivity index (χ2v) is 7.66. The van der Waals surface area contributed by atoms with E-state index in [2.05, 4.69) is 9.71 Å². The normalized spacial score (nSPS) is 11.4. The topological polar surface area (TPSA) is 187 Å². The summed E-state index contributed by atoms with van der Waals surface area (Å²) in [6, 6.07) is 4.23. The monoisotopic (exact) mass is 485 g/mol. The number of hydrogen-bond donors (Lipinski definition) is 5. The van der Waals surface area contributed by atoms with Crippen molar-refractivity contribution in [3.63, 3.8) is 0 Å². The molecule has 0 radical (unpaired) electrons. The Morgan fingerprint density at radius 1 is 1.26 bits per heavy atom. The fourth-order valence-corrected chi connectivity index (χ4v) is 3.17. The van der Waals surface area contributed by atoms with Gasteiger partial charge in [0.25, 0.3) is 0 Å². The quantitative estimate of drug-likeness (QED) is 0.229. The van der Waals surface area contributed by atoms with Gasteiger partial charge in [0.05, 0.1) is 23.2 Å². The second kappa shape index (κ2) is 10.2. The zero-order valence-corrected chi connectivity index (χ0v) is 16.8. The van der Waals surface area contributed by atoms with Gasteiger partial charge in [0, 0.05) is 35.3 Å². The molecule has 0 atom stereocenters. The van der Waals surface area contributed by atoms with E-state index in [0.29, 0.717) is 16.5 Å². The number of rotatable bonds is 6. The van der Waals surface area contributed by atoms with Gasteiger partial charge in [-0.3, -0.25) is 15.2 Å². The van der Waals surface area contributed by atoms with Crippen LogP contribution in [0.3, 0.4) is 0 Å². The van der Waals surface area contributed by atoms with Gasteiger partial charge in [0.15, 0.2) is 0 Å². The van der Waals surface area contributed by atoms with Crippen LogP contribution in [0.5, 0.6) is 0 Å². The lowest BCUT2D eigenvalue weighted by molar-refractivity contribution is -0.192. The number of carbonyl (C=O) groups is 2. The number of guanidine groups is 1. The molecule has 170 valence electrons. The van der Waals surface area contributed by atoms with Gasteiger partial charge >= 0.3 is 18.1 Å². The van der Waals surface area contributed by atoms with Crippen molar-refractivity contribution in [2.45, 2.75) is 17.5 Å². The van der Waals surface area contributed by atoms with Crippen LogP contribution in [0, 0.1) is 5.41 Å². The summed E-state index contributed by atoms with van der Waals surface area (Å²) in [7, 11) is -3.85. The number of aliphatic carboxylic acids is 2. The maximum absolute atomic E-state index is 12.2. The molecule has 0 aliphatic rings. The van der Waals surface area contributed by atoms with Crippen LogP contribution in [0.15, 0.2) is 35.5 Å². The largest absolute Gasteiger partial charge is 0.490 e. The summed E-state index contributed by atoms with van der Waals surface area (Å²) in [5, 5.41) is 24.1. The average Bonchev–Trinajstić information content (AvgIpc) is 2.65. The maximum atomic E-state index is 12.2. The Kier molecular flexibility index (Phi) is 8.54. The van der Waals surface area contributed by atoms with Crippen molar-refractivity contribution >= 4 is 56.2 Å². The van der Waals surface area contributed by atoms with Crippen molar-refractivity contribution in [2.75, 3.05) is 11.0 Å². The first-order chi connectivity index (χ1) is 14.2. The highest BCUT2D eigenvalue weighted by Crippen LogP contribution is 2.28. The summed E-state index contributed by atoms with van der Waals surface area (Å²) < 4.78 is 59.2. The Morgan fingerprint density at radius 3 is 2.32 bits per heavy atom. The number of benzene rings is 1. The van der Waals surface area contributed by atoms with Crippen LogP contribution in [0.1, 0.15) is 6.42 Å². The molecule has 0 fully saturated rings. The number of nitrogens with one attached hydrogen (secondary N) is 2. The Balaban J connectivity index is 0.000000592. The van der Waals surface area contributed by atoms with Gasteiger partial charge in [0.2, 0.25) is 16.0 Å². The van der Waals surface area contributed by atoms with Crippen molar-refractivity contribution in [1.29, 1.82) is 5.41 Å². The molecule has 0 amide bonds. The number of nitrogens with zero attached hydrogens (tertiary/aromatic N) is 2. The molecule has 0 aliphatic heterocycles. The summed E-state index contributed by atoms with van der Waals surface area (Å²) in [6.45, 7) is -0.214. The SMILES string of the molecule is N=C(N)N(Cl)c1cncc2cc(S(=O)(=O)NCCC(=O)O)ccc12.O=C(O)C(F)(F)F. The third kappa shape index (κ3) is 7.54. The molecule has 6 N–H and O–H groups in total. The summed E-state index contributed by atoms with van der Waals surface area (Å²) >= 11 is 5.91. The van der Waals surface area contributed by atoms with Crippen LogP contribution >= 0.6 is 11.8 Å². The van der Waals surface area contributed by atoms with E-state index in [1.807, 2.05) is 0 Å². The molecule has 0 spiro atoms. The molecular weight excluding hydrogens is 471 g/mol. The second-order valence-electron chi connectivity index (χ2n) is 5.55. The number of sulfonamides is 1. The van der Waals surface area contributed by atoms with Crippen molar-refractivity contribution in [3.05, 3.63) is 30.6 Å². The number of aromatic nitrogens is 1. The number of carboxylic acids is 2. The van der Waals surface area contributed by atoms with Crippen LogP contribution in [-0.4, -0.2) is 54.2 Å². The van der Waals surface area contributed by atoms with Crippen LogP contribution in [0.2, 0.25) is 0 Å². The Bertz CT molecular complexity index is 1100. The Morgan fingerprint density at radius 2 is 1.84 bits per heavy atom. The number of halogens is 4. The van der Waals surface area contributed by atoms with Gasteiger partial charge in [0.1, 0.15) is 0 Å². The number of nitrogens with two attached hydrogens (primary N) is 1. The maximum Gasteiger partial charge on any atom is 0.490 e. The Labute approximate surface area is 177 Å². The fraction of sp³-hybridized carbons (Fsp3) is 0.200. The number of pyridine rings is 1. The van der Waals surface area contributed by atoms with E-state index in [-0.39, 0.29) is 17.9 Å². The highest BCUT2D eigenvalue weighted by atomic mass is 35.5. The van der Waals surface area contributed by atoms with Crippen LogP contribution in [0.4, 0.5) is 18.9 Å². The number of alkyl halides is 3. The standard InChI is InChI=1S/C13H14ClN5O4S.C2HF3O2/c14-19(13(15)16)11-7-17-6-8-5-9(1-2-10(8)11)24(22,23)18-4-3-12(20)21;3-2(4,5)1(6)7/h1-2,5-7,18H,3-4H2,(H3,15,16)(H,20,21);(H,6,7). The first-order valence-corrected chi connectivity index (χ1v) is 9.68. The lowest BCUT2D eigenvalue weighted by Crippen LogP contribution is -2.28. The number of anilines is 1. The van der Waals surface area contributed by atoms with Gasteiger partial charge in [-0.2, -0.15) is 13.2 Å². The molecule has 0 unspecified atom stereocenters. The van der Waals surface area contributed by atoms with E-state index < -0.39 is 34.1 Å². The lowest BCUT2D eigenvalue weighted by Gasteiger charge is -2.15. The molecule has 0 bridgehead atoms. The molecule has 2 aromatic rings. The number of fused-ring (bicyclic) bond motifs is 1. The van der Waals surface area contributed by atoms with Gasteiger partial charge in [-0.15, -0.1) is 0 Å². The smallest absolute Gasteiger partial charge is 0.481 e. The third-order valence-corrected chi connectivity index (χ3v) is 5.14. The zero-order chi connectivity index (χ0) is 24.0. The number of hydrogen-bond acceptors (Lipinski definition) is 6. The first-order valence-electron chi connectivity index (χ1n) is 7.86. The van der Waals surface area contributed by atoms with Gasteiger partial charge < -0.3 is 15.9 Å². The van der Waals surface area contributed by atoms with E-state index in [4.69, 9.17) is 37.9 Å². The van der Waals surface area contributed by atoms with Crippen molar-refractivity contribution in [1.82, 2.24) is 9.71 Å². The molecule has 1 aromatic carbocycles. The van der Waals surface area contributed by atoms with Gasteiger partial charge in [-0.25, -0.2) is 22.4 Å². The summed E-state index contributed by atoms with van der Waals surface area (Å²) in [6.07, 6.45) is -2.56. The van der Waals surface area contributed by atoms with Gasteiger partial charge in [-0.1, -0.05) is 6.07 Å². The van der Waals surface area contributed by atoms with E-state index in [1.54, 1.807) is 0 Å². The molecule has 1 aromatic heterocycles.